The van der Waals surface area contributed by atoms with Crippen LogP contribution in [-0.4, -0.2) is 37.2 Å². The molecule has 0 heterocycles. The van der Waals surface area contributed by atoms with Crippen LogP contribution in [-0.2, 0) is 28.6 Å². The van der Waals surface area contributed by atoms with Crippen LogP contribution in [0.5, 0.6) is 0 Å². The second-order valence-corrected chi connectivity index (χ2v) is 17.8. The lowest BCUT2D eigenvalue weighted by Crippen LogP contribution is -2.30. The average Bonchev–Trinajstić information content (AvgIpc) is 3.29. The predicted octanol–water partition coefficient (Wildman–Crippen LogP) is 17.8. The number of carbonyl (C=O) groups excluding carboxylic acids is 3. The smallest absolute Gasteiger partial charge is 0.306 e. The van der Waals surface area contributed by atoms with Crippen LogP contribution in [0.15, 0.2) is 72.9 Å². The molecule has 0 fully saturated rings. The van der Waals surface area contributed by atoms with Crippen LogP contribution in [0.25, 0.3) is 0 Å². The van der Waals surface area contributed by atoms with Crippen LogP contribution < -0.4 is 0 Å². The molecule has 0 aromatic heterocycles. The summed E-state index contributed by atoms with van der Waals surface area (Å²) in [5, 5.41) is 0. The van der Waals surface area contributed by atoms with Crippen LogP contribution in [0.1, 0.15) is 258 Å². The van der Waals surface area contributed by atoms with Crippen molar-refractivity contribution in [2.24, 2.45) is 0 Å². The minimum Gasteiger partial charge on any atom is -0.462 e. The quantitative estimate of drug-likeness (QED) is 0.0262. The van der Waals surface area contributed by atoms with Crippen molar-refractivity contribution in [1.82, 2.24) is 0 Å². The van der Waals surface area contributed by atoms with E-state index in [2.05, 4.69) is 93.7 Å². The van der Waals surface area contributed by atoms with Gasteiger partial charge in [0.05, 0.1) is 0 Å². The lowest BCUT2D eigenvalue weighted by atomic mass is 10.0. The number of ether oxygens (including phenoxy) is 3. The van der Waals surface area contributed by atoms with E-state index < -0.39 is 6.10 Å². The van der Waals surface area contributed by atoms with Gasteiger partial charge in [0.25, 0.3) is 0 Å². The molecule has 0 aliphatic heterocycles. The lowest BCUT2D eigenvalue weighted by molar-refractivity contribution is -0.167. The Morgan fingerprint density at radius 3 is 0.984 bits per heavy atom. The molecule has 1 unspecified atom stereocenters. The van der Waals surface area contributed by atoms with E-state index >= 15 is 0 Å². The standard InChI is InChI=1S/C58H100O6/c1-4-7-10-13-16-19-22-25-27-28-29-30-31-34-36-39-42-45-48-51-57(60)63-54-55(53-62-56(59)50-47-44-41-38-35-32-24-21-18-15-12-9-6-3)64-58(61)52-49-46-43-40-37-33-26-23-20-17-14-11-8-5-2/h7,10,16,19,25,27,29-30,32,34-36,55H,4-6,8-9,11-15,17-18,20-24,26,28,31,33,37-54H2,1-3H3/b10-7-,19-16-,27-25-,30-29-,35-32-,36-34-. The fourth-order valence-electron chi connectivity index (χ4n) is 7.40. The Hall–Kier alpha value is -3.15. The zero-order chi connectivity index (χ0) is 46.5. The summed E-state index contributed by atoms with van der Waals surface area (Å²) in [6, 6.07) is 0. The number of unbranched alkanes of at least 4 members (excludes halogenated alkanes) is 25. The van der Waals surface area contributed by atoms with Gasteiger partial charge in [-0.25, -0.2) is 0 Å². The van der Waals surface area contributed by atoms with Crippen LogP contribution in [0.4, 0.5) is 0 Å². The zero-order valence-corrected chi connectivity index (χ0v) is 42.0. The minimum atomic E-state index is -0.792. The van der Waals surface area contributed by atoms with Gasteiger partial charge in [-0.3, -0.25) is 14.4 Å². The van der Waals surface area contributed by atoms with Gasteiger partial charge in [-0.15, -0.1) is 0 Å². The number of carbonyl (C=O) groups is 3. The van der Waals surface area contributed by atoms with Gasteiger partial charge in [-0.1, -0.05) is 222 Å². The van der Waals surface area contributed by atoms with Crippen LogP contribution in [0.3, 0.4) is 0 Å². The van der Waals surface area contributed by atoms with E-state index in [0.29, 0.717) is 19.3 Å². The van der Waals surface area contributed by atoms with E-state index in [9.17, 15) is 14.4 Å². The molecular weight excluding hydrogens is 793 g/mol. The molecule has 64 heavy (non-hydrogen) atoms. The average molecular weight is 893 g/mol. The van der Waals surface area contributed by atoms with E-state index in [4.69, 9.17) is 14.2 Å². The molecule has 0 bridgehead atoms. The summed E-state index contributed by atoms with van der Waals surface area (Å²) in [4.78, 5) is 38.0. The van der Waals surface area contributed by atoms with Gasteiger partial charge in [0.1, 0.15) is 13.2 Å². The second-order valence-electron chi connectivity index (χ2n) is 17.8. The molecule has 0 aromatic rings. The maximum atomic E-state index is 12.8. The third-order valence-electron chi connectivity index (χ3n) is 11.4. The van der Waals surface area contributed by atoms with Crippen molar-refractivity contribution < 1.29 is 28.6 Å². The SMILES string of the molecule is CC/C=C\C/C=C\C/C=C\C/C=C\C/C=C\CCCCCC(=O)OCC(COC(=O)CCCCC/C=C\CCCCCCCC)OC(=O)CCCCCCCCCCCCCCCC. The van der Waals surface area contributed by atoms with E-state index in [0.717, 1.165) is 109 Å². The lowest BCUT2D eigenvalue weighted by Gasteiger charge is -2.18. The third kappa shape index (κ3) is 49.9. The number of esters is 3. The predicted molar refractivity (Wildman–Crippen MR) is 274 cm³/mol. The maximum Gasteiger partial charge on any atom is 0.306 e. The van der Waals surface area contributed by atoms with Gasteiger partial charge < -0.3 is 14.2 Å². The van der Waals surface area contributed by atoms with E-state index in [-0.39, 0.29) is 31.1 Å². The first-order chi connectivity index (χ1) is 31.5. The molecule has 368 valence electrons. The molecule has 0 rings (SSSR count). The summed E-state index contributed by atoms with van der Waals surface area (Å²) in [6.07, 6.45) is 66.0. The second kappa shape index (κ2) is 52.5. The number of hydrogen-bond acceptors (Lipinski definition) is 6. The molecule has 0 aromatic carbocycles. The van der Waals surface area contributed by atoms with Crippen molar-refractivity contribution in [2.75, 3.05) is 13.2 Å². The molecule has 0 aliphatic carbocycles. The Bertz CT molecular complexity index is 1210. The topological polar surface area (TPSA) is 78.9 Å². The third-order valence-corrected chi connectivity index (χ3v) is 11.4. The Balaban J connectivity index is 4.44. The highest BCUT2D eigenvalue weighted by Crippen LogP contribution is 2.15. The van der Waals surface area contributed by atoms with Gasteiger partial charge in [0.15, 0.2) is 6.10 Å². The van der Waals surface area contributed by atoms with Crippen molar-refractivity contribution in [3.05, 3.63) is 72.9 Å². The highest BCUT2D eigenvalue weighted by molar-refractivity contribution is 5.71. The molecule has 0 aliphatic rings. The minimum absolute atomic E-state index is 0.0922. The molecule has 6 heteroatoms. The van der Waals surface area contributed by atoms with Gasteiger partial charge in [0.2, 0.25) is 0 Å². The van der Waals surface area contributed by atoms with Gasteiger partial charge in [-0.05, 0) is 89.9 Å². The van der Waals surface area contributed by atoms with Crippen molar-refractivity contribution in [3.63, 3.8) is 0 Å². The van der Waals surface area contributed by atoms with Crippen LogP contribution in [0.2, 0.25) is 0 Å². The highest BCUT2D eigenvalue weighted by atomic mass is 16.6. The summed E-state index contributed by atoms with van der Waals surface area (Å²) in [7, 11) is 0. The normalized spacial score (nSPS) is 12.6. The number of hydrogen-bond donors (Lipinski definition) is 0. The summed E-state index contributed by atoms with van der Waals surface area (Å²) in [5.41, 5.74) is 0. The fraction of sp³-hybridized carbons (Fsp3) is 0.741. The summed E-state index contributed by atoms with van der Waals surface area (Å²) < 4.78 is 16.8. The Morgan fingerprint density at radius 1 is 0.328 bits per heavy atom. The molecule has 0 saturated carbocycles. The fourth-order valence-corrected chi connectivity index (χ4v) is 7.40. The zero-order valence-electron chi connectivity index (χ0n) is 42.0. The van der Waals surface area contributed by atoms with Gasteiger partial charge in [0, 0.05) is 19.3 Å². The Morgan fingerprint density at radius 2 is 0.609 bits per heavy atom. The summed E-state index contributed by atoms with van der Waals surface area (Å²) >= 11 is 0. The molecule has 0 saturated heterocycles. The van der Waals surface area contributed by atoms with E-state index in [1.807, 2.05) is 0 Å². The van der Waals surface area contributed by atoms with E-state index in [1.165, 1.54) is 109 Å². The molecule has 6 nitrogen and oxygen atoms in total. The molecule has 0 radical (unpaired) electrons. The monoisotopic (exact) mass is 893 g/mol. The van der Waals surface area contributed by atoms with Gasteiger partial charge >= 0.3 is 17.9 Å². The molecule has 0 amide bonds. The maximum absolute atomic E-state index is 12.8. The first kappa shape index (κ1) is 60.9. The van der Waals surface area contributed by atoms with Crippen LogP contribution >= 0.6 is 0 Å². The number of rotatable bonds is 48. The molecule has 0 spiro atoms. The van der Waals surface area contributed by atoms with E-state index in [1.54, 1.807) is 0 Å². The van der Waals surface area contributed by atoms with Crippen molar-refractivity contribution in [3.8, 4) is 0 Å². The van der Waals surface area contributed by atoms with Crippen molar-refractivity contribution >= 4 is 17.9 Å². The largest absolute Gasteiger partial charge is 0.462 e. The first-order valence-electron chi connectivity index (χ1n) is 26.9. The van der Waals surface area contributed by atoms with Gasteiger partial charge in [-0.2, -0.15) is 0 Å². The summed E-state index contributed by atoms with van der Waals surface area (Å²) in [5.74, 6) is -0.934. The molecule has 1 atom stereocenters. The molecule has 0 N–H and O–H groups in total. The Kier molecular flexibility index (Phi) is 49.9. The number of allylic oxidation sites excluding steroid dienone is 12. The summed E-state index contributed by atoms with van der Waals surface area (Å²) in [6.45, 7) is 6.48. The van der Waals surface area contributed by atoms with Crippen molar-refractivity contribution in [2.45, 2.75) is 264 Å². The molecular formula is C58H100O6. The first-order valence-corrected chi connectivity index (χ1v) is 26.9. The van der Waals surface area contributed by atoms with Crippen molar-refractivity contribution in [1.29, 1.82) is 0 Å². The van der Waals surface area contributed by atoms with Crippen LogP contribution in [0, 0.1) is 0 Å². The Labute approximate surface area is 395 Å². The highest BCUT2D eigenvalue weighted by Gasteiger charge is 2.19.